The molecule has 0 aromatic carbocycles. The third-order valence-electron chi connectivity index (χ3n) is 3.18. The van der Waals surface area contributed by atoms with Crippen LogP contribution in [0.3, 0.4) is 0 Å². The van der Waals surface area contributed by atoms with Crippen molar-refractivity contribution in [3.63, 3.8) is 0 Å². The maximum Gasteiger partial charge on any atom is 0.421 e. The van der Waals surface area contributed by atoms with Crippen LogP contribution < -0.4 is 11.5 Å². The van der Waals surface area contributed by atoms with Gasteiger partial charge < -0.3 is 9.47 Å². The van der Waals surface area contributed by atoms with Crippen LogP contribution in [0.5, 0.6) is 0 Å². The molecule has 0 spiro atoms. The van der Waals surface area contributed by atoms with Crippen molar-refractivity contribution in [1.29, 1.82) is 0 Å². The molecule has 0 aromatic heterocycles. The molecule has 0 radical (unpaired) electrons. The van der Waals surface area contributed by atoms with Gasteiger partial charge in [0.2, 0.25) is 0 Å². The lowest BCUT2D eigenvalue weighted by Gasteiger charge is -2.24. The highest BCUT2D eigenvalue weighted by molar-refractivity contribution is 6.30. The number of nitrogens with zero attached hydrogens (tertiary/aromatic N) is 4. The summed E-state index contributed by atoms with van der Waals surface area (Å²) < 4.78 is 9.75. The number of ether oxygens (including phenoxy) is 2. The van der Waals surface area contributed by atoms with Gasteiger partial charge in [-0.3, -0.25) is 11.5 Å². The van der Waals surface area contributed by atoms with Crippen LogP contribution in [0.1, 0.15) is 26.7 Å². The summed E-state index contributed by atoms with van der Waals surface area (Å²) in [6.07, 6.45) is 3.63. The number of azo groups is 2. The molecule has 2 aliphatic rings. The summed E-state index contributed by atoms with van der Waals surface area (Å²) in [6.45, 7) is 3.56. The van der Waals surface area contributed by atoms with Crippen molar-refractivity contribution in [3.8, 4) is 0 Å². The highest BCUT2D eigenvalue weighted by atomic mass is 16.6. The molecule has 2 heterocycles. The van der Waals surface area contributed by atoms with Gasteiger partial charge in [-0.05, 0) is 12.8 Å². The summed E-state index contributed by atoms with van der Waals surface area (Å²) in [7, 11) is 0. The molecule has 0 aliphatic carbocycles. The second-order valence-corrected chi connectivity index (χ2v) is 4.62. The number of esters is 2. The molecule has 0 fully saturated rings. The first kappa shape index (κ1) is 15.9. The third kappa shape index (κ3) is 2.78. The molecule has 0 amide bonds. The van der Waals surface area contributed by atoms with Gasteiger partial charge in [0.05, 0.1) is 12.4 Å². The van der Waals surface area contributed by atoms with Gasteiger partial charge in [0, 0.05) is 11.1 Å². The molecule has 2 aliphatic heterocycles. The maximum atomic E-state index is 11.8. The lowest BCUT2D eigenvalue weighted by Crippen LogP contribution is -2.48. The van der Waals surface area contributed by atoms with Gasteiger partial charge in [0.15, 0.2) is 0 Å². The average Bonchev–Trinajstić information content (AvgIpc) is 3.01. The Morgan fingerprint density at radius 3 is 1.64 bits per heavy atom. The van der Waals surface area contributed by atoms with E-state index in [0.717, 1.165) is 0 Å². The minimum atomic E-state index is -1.80. The zero-order chi connectivity index (χ0) is 16.4. The van der Waals surface area contributed by atoms with Gasteiger partial charge in [0.25, 0.3) is 0 Å². The van der Waals surface area contributed by atoms with Crippen LogP contribution in [-0.2, 0) is 19.1 Å². The lowest BCUT2D eigenvalue weighted by atomic mass is 10.1. The van der Waals surface area contributed by atoms with E-state index in [0.29, 0.717) is 24.0 Å². The monoisotopic (exact) mass is 308 g/mol. The minimum Gasteiger partial charge on any atom is -0.409 e. The van der Waals surface area contributed by atoms with Crippen molar-refractivity contribution in [1.82, 2.24) is 0 Å². The number of hydrogen-bond acceptors (Lipinski definition) is 10. The standard InChI is InChI=1S/C12H16N6O4/c1-3-7-5-15-17-11(7,13)21-9(19)10(20)22-12(14)8(4-2)6-16-18-12/h5-6H,3-4,13-14H2,1-2H3. The molecule has 0 bridgehead atoms. The minimum absolute atomic E-state index is 0.448. The van der Waals surface area contributed by atoms with Crippen molar-refractivity contribution in [2.75, 3.05) is 0 Å². The van der Waals surface area contributed by atoms with E-state index in [-0.39, 0.29) is 0 Å². The Kier molecular flexibility index (Phi) is 4.15. The quantitative estimate of drug-likeness (QED) is 0.445. The normalized spacial score (nSPS) is 29.3. The molecule has 2 atom stereocenters. The van der Waals surface area contributed by atoms with Gasteiger partial charge in [-0.1, -0.05) is 13.8 Å². The Hall–Kier alpha value is -2.46. The zero-order valence-corrected chi connectivity index (χ0v) is 12.1. The molecule has 2 rings (SSSR count). The summed E-state index contributed by atoms with van der Waals surface area (Å²) in [4.78, 5) is 23.7. The molecule has 22 heavy (non-hydrogen) atoms. The van der Waals surface area contributed by atoms with Crippen LogP contribution in [0.2, 0.25) is 0 Å². The molecule has 2 unspecified atom stereocenters. The molecule has 10 heteroatoms. The Morgan fingerprint density at radius 2 is 1.32 bits per heavy atom. The van der Waals surface area contributed by atoms with Crippen molar-refractivity contribution < 1.29 is 19.1 Å². The summed E-state index contributed by atoms with van der Waals surface area (Å²) >= 11 is 0. The van der Waals surface area contributed by atoms with E-state index in [4.69, 9.17) is 20.9 Å². The van der Waals surface area contributed by atoms with E-state index in [1.165, 1.54) is 12.4 Å². The third-order valence-corrected chi connectivity index (χ3v) is 3.18. The number of carbonyl (C=O) groups is 2. The van der Waals surface area contributed by atoms with E-state index >= 15 is 0 Å². The molecule has 4 N–H and O–H groups in total. The SMILES string of the molecule is CCC1=CN=NC1(N)OC(=O)C(=O)OC1(N)N=NC=C1CC. The highest BCUT2D eigenvalue weighted by Crippen LogP contribution is 2.29. The van der Waals surface area contributed by atoms with Gasteiger partial charge in [-0.25, -0.2) is 9.59 Å². The summed E-state index contributed by atoms with van der Waals surface area (Å²) in [6, 6.07) is 0. The Morgan fingerprint density at radius 1 is 0.955 bits per heavy atom. The van der Waals surface area contributed by atoms with Gasteiger partial charge in [-0.2, -0.15) is 10.2 Å². The van der Waals surface area contributed by atoms with E-state index in [9.17, 15) is 9.59 Å². The first-order chi connectivity index (χ1) is 10.3. The van der Waals surface area contributed by atoms with Crippen molar-refractivity contribution in [3.05, 3.63) is 23.5 Å². The van der Waals surface area contributed by atoms with E-state index in [2.05, 4.69) is 20.5 Å². The van der Waals surface area contributed by atoms with Gasteiger partial charge in [-0.15, -0.1) is 10.2 Å². The second kappa shape index (κ2) is 5.73. The van der Waals surface area contributed by atoms with Crippen molar-refractivity contribution in [2.45, 2.75) is 38.4 Å². The molecule has 118 valence electrons. The first-order valence-electron chi connectivity index (χ1n) is 6.61. The number of nitrogens with two attached hydrogens (primary N) is 2. The van der Waals surface area contributed by atoms with Crippen LogP contribution in [0, 0.1) is 0 Å². The zero-order valence-electron chi connectivity index (χ0n) is 12.1. The Bertz CT molecular complexity index is 571. The second-order valence-electron chi connectivity index (χ2n) is 4.62. The maximum absolute atomic E-state index is 11.8. The predicted molar refractivity (Wildman–Crippen MR) is 72.5 cm³/mol. The van der Waals surface area contributed by atoms with Crippen molar-refractivity contribution >= 4 is 11.9 Å². The fourth-order valence-corrected chi connectivity index (χ4v) is 1.91. The molecule has 0 saturated carbocycles. The van der Waals surface area contributed by atoms with E-state index in [1.54, 1.807) is 13.8 Å². The van der Waals surface area contributed by atoms with Gasteiger partial charge in [0.1, 0.15) is 0 Å². The lowest BCUT2D eigenvalue weighted by molar-refractivity contribution is -0.181. The number of hydrogen-bond donors (Lipinski definition) is 2. The summed E-state index contributed by atoms with van der Waals surface area (Å²) in [5, 5.41) is 14.4. The first-order valence-corrected chi connectivity index (χ1v) is 6.61. The topological polar surface area (TPSA) is 154 Å². The van der Waals surface area contributed by atoms with Crippen LogP contribution >= 0.6 is 0 Å². The highest BCUT2D eigenvalue weighted by Gasteiger charge is 2.43. The van der Waals surface area contributed by atoms with Gasteiger partial charge >= 0.3 is 23.6 Å². The van der Waals surface area contributed by atoms with Crippen LogP contribution in [-0.4, -0.2) is 23.6 Å². The average molecular weight is 308 g/mol. The molecule has 10 nitrogen and oxygen atoms in total. The predicted octanol–water partition coefficient (Wildman–Crippen LogP) is 0.817. The fraction of sp³-hybridized carbons (Fsp3) is 0.500. The summed E-state index contributed by atoms with van der Waals surface area (Å²) in [5.41, 5.74) is 12.5. The number of carbonyl (C=O) groups excluding carboxylic acids is 2. The fourth-order valence-electron chi connectivity index (χ4n) is 1.91. The largest absolute Gasteiger partial charge is 0.421 e. The molecular formula is C12H16N6O4. The molecule has 0 saturated heterocycles. The Balaban J connectivity index is 2.04. The molecule has 0 aromatic rings. The van der Waals surface area contributed by atoms with Crippen LogP contribution in [0.4, 0.5) is 0 Å². The van der Waals surface area contributed by atoms with Crippen LogP contribution in [0.25, 0.3) is 0 Å². The van der Waals surface area contributed by atoms with Crippen LogP contribution in [0.15, 0.2) is 44.0 Å². The smallest absolute Gasteiger partial charge is 0.409 e. The van der Waals surface area contributed by atoms with Crippen molar-refractivity contribution in [2.24, 2.45) is 31.9 Å². The number of rotatable bonds is 4. The Labute approximate surface area is 125 Å². The van der Waals surface area contributed by atoms with E-state index in [1.807, 2.05) is 0 Å². The summed E-state index contributed by atoms with van der Waals surface area (Å²) in [5.74, 6) is -6.28. The van der Waals surface area contributed by atoms with E-state index < -0.39 is 23.6 Å². The molecular weight excluding hydrogens is 292 g/mol.